The maximum atomic E-state index is 5.69. The lowest BCUT2D eigenvalue weighted by molar-refractivity contribution is 0.743. The first-order valence-electron chi connectivity index (χ1n) is 5.59. The predicted molar refractivity (Wildman–Crippen MR) is 77.4 cm³/mol. The van der Waals surface area contributed by atoms with Gasteiger partial charge in [0.15, 0.2) is 0 Å². The van der Waals surface area contributed by atoms with Crippen molar-refractivity contribution in [1.82, 2.24) is 8.15 Å². The summed E-state index contributed by atoms with van der Waals surface area (Å²) in [6.07, 6.45) is 10.1. The van der Waals surface area contributed by atoms with Crippen LogP contribution in [0.25, 0.3) is 0 Å². The van der Waals surface area contributed by atoms with Gasteiger partial charge in [0.2, 0.25) is 0 Å². The summed E-state index contributed by atoms with van der Waals surface area (Å²) in [5.74, 6) is 0. The molecule has 0 amide bonds. The third kappa shape index (κ3) is 2.97. The smallest absolute Gasteiger partial charge is 0.0286 e. The van der Waals surface area contributed by atoms with E-state index >= 15 is 0 Å². The van der Waals surface area contributed by atoms with Crippen LogP contribution in [0.2, 0.25) is 0 Å². The summed E-state index contributed by atoms with van der Waals surface area (Å²) >= 11 is 5.69. The van der Waals surface area contributed by atoms with E-state index in [9.17, 15) is 0 Å². The maximum absolute atomic E-state index is 5.69. The van der Waals surface area contributed by atoms with Crippen molar-refractivity contribution in [3.05, 3.63) is 0 Å². The third-order valence-corrected chi connectivity index (χ3v) is 13.5. The molecule has 2 saturated heterocycles. The molecule has 0 aromatic heterocycles. The van der Waals surface area contributed by atoms with Crippen LogP contribution in [-0.2, 0) is 21.0 Å². The fraction of sp³-hybridized carbons (Fsp3) is 1.00. The van der Waals surface area contributed by atoms with Crippen LogP contribution in [0, 0.1) is 0 Å². The SMILES string of the molecule is CN1P2CCCCCP(CC2)N(C)S1=S. The number of rotatable bonds is 0. The molecule has 2 nitrogen and oxygen atoms in total. The second-order valence-corrected chi connectivity index (χ2v) is 12.1. The highest BCUT2D eigenvalue weighted by molar-refractivity contribution is 8.29. The molecular formula is C9H20N2P2S2. The van der Waals surface area contributed by atoms with Crippen LogP contribution in [0.4, 0.5) is 0 Å². The lowest BCUT2D eigenvalue weighted by Gasteiger charge is -2.32. The van der Waals surface area contributed by atoms with E-state index in [0.29, 0.717) is 0 Å². The number of fused-ring (bicyclic) bond motifs is 3. The third-order valence-electron chi connectivity index (χ3n) is 3.20. The minimum absolute atomic E-state index is 0.0171. The number of nitrogens with zero attached hydrogens (tertiary/aromatic N) is 2. The summed E-state index contributed by atoms with van der Waals surface area (Å²) in [6, 6.07) is 0. The second kappa shape index (κ2) is 5.80. The minimum atomic E-state index is -0.0171. The van der Waals surface area contributed by atoms with Gasteiger partial charge < -0.3 is 0 Å². The zero-order chi connectivity index (χ0) is 10.8. The van der Waals surface area contributed by atoms with E-state index in [0.717, 1.165) is 0 Å². The maximum Gasteiger partial charge on any atom is 0.0286 e. The molecule has 6 heteroatoms. The van der Waals surface area contributed by atoms with Gasteiger partial charge in [-0.1, -0.05) is 6.42 Å². The molecule has 0 aliphatic carbocycles. The molecule has 2 unspecified atom stereocenters. The molecule has 2 bridgehead atoms. The van der Waals surface area contributed by atoms with Crippen molar-refractivity contribution in [2.24, 2.45) is 0 Å². The Labute approximate surface area is 103 Å². The topological polar surface area (TPSA) is 6.48 Å². The van der Waals surface area contributed by atoms with Crippen LogP contribution >= 0.6 is 16.1 Å². The van der Waals surface area contributed by atoms with Crippen LogP contribution in [0.1, 0.15) is 19.3 Å². The van der Waals surface area contributed by atoms with E-state index < -0.39 is 0 Å². The highest BCUT2D eigenvalue weighted by Crippen LogP contribution is 2.54. The Morgan fingerprint density at radius 2 is 1.33 bits per heavy atom. The molecule has 0 saturated carbocycles. The van der Waals surface area contributed by atoms with Gasteiger partial charge >= 0.3 is 0 Å². The summed E-state index contributed by atoms with van der Waals surface area (Å²) in [6.45, 7) is 0. The Hall–Kier alpha value is 1.35. The van der Waals surface area contributed by atoms with Crippen molar-refractivity contribution >= 4 is 37.2 Å². The Morgan fingerprint density at radius 3 is 1.80 bits per heavy atom. The minimum Gasteiger partial charge on any atom is -0.216 e. The van der Waals surface area contributed by atoms with Crippen molar-refractivity contribution < 1.29 is 0 Å². The van der Waals surface area contributed by atoms with Crippen molar-refractivity contribution in [3.63, 3.8) is 0 Å². The van der Waals surface area contributed by atoms with Gasteiger partial charge in [0.1, 0.15) is 0 Å². The van der Waals surface area contributed by atoms with Gasteiger partial charge in [0.25, 0.3) is 0 Å². The normalized spacial score (nSPS) is 40.5. The van der Waals surface area contributed by atoms with Gasteiger partial charge in [-0.15, -0.1) is 0 Å². The van der Waals surface area contributed by atoms with E-state index in [4.69, 9.17) is 11.2 Å². The fourth-order valence-electron chi connectivity index (χ4n) is 2.15. The fourth-order valence-corrected chi connectivity index (χ4v) is 12.2. The molecule has 0 radical (unpaired) electrons. The molecule has 0 aromatic rings. The lowest BCUT2D eigenvalue weighted by atomic mass is 10.3. The molecule has 2 aliphatic rings. The van der Waals surface area contributed by atoms with Gasteiger partial charge in [-0.3, -0.25) is 0 Å². The molecule has 0 spiro atoms. The van der Waals surface area contributed by atoms with E-state index in [1.54, 1.807) is 0 Å². The molecule has 2 fully saturated rings. The monoisotopic (exact) mass is 282 g/mol. The molecule has 2 atom stereocenters. The zero-order valence-corrected chi connectivity index (χ0v) is 13.0. The van der Waals surface area contributed by atoms with Gasteiger partial charge in [0, 0.05) is 23.9 Å². The van der Waals surface area contributed by atoms with Crippen LogP contribution in [0.15, 0.2) is 0 Å². The van der Waals surface area contributed by atoms with Gasteiger partial charge in [0.05, 0.1) is 0 Å². The first-order chi connectivity index (χ1) is 7.20. The Morgan fingerprint density at radius 1 is 0.867 bits per heavy atom. The quantitative estimate of drug-likeness (QED) is 0.631. The molecule has 0 aromatic carbocycles. The molecule has 88 valence electrons. The van der Waals surface area contributed by atoms with Gasteiger partial charge in [-0.05, 0) is 64.8 Å². The summed E-state index contributed by atoms with van der Waals surface area (Å²) in [5.41, 5.74) is 0. The van der Waals surface area contributed by atoms with Crippen molar-refractivity contribution in [2.45, 2.75) is 19.3 Å². The summed E-state index contributed by atoms with van der Waals surface area (Å²) in [7, 11) is 4.70. The first-order valence-corrected chi connectivity index (χ1v) is 11.0. The summed E-state index contributed by atoms with van der Waals surface area (Å²) in [4.78, 5) is 0. The van der Waals surface area contributed by atoms with E-state index in [-0.39, 0.29) is 26.0 Å². The summed E-state index contributed by atoms with van der Waals surface area (Å²) < 4.78 is 5.05. The first kappa shape index (κ1) is 12.8. The van der Waals surface area contributed by atoms with Crippen LogP contribution in [0.3, 0.4) is 0 Å². The van der Waals surface area contributed by atoms with Crippen LogP contribution in [-0.4, -0.2) is 46.9 Å². The Balaban J connectivity index is 2.19. The van der Waals surface area contributed by atoms with Gasteiger partial charge in [-0.2, -0.15) is 0 Å². The molecule has 15 heavy (non-hydrogen) atoms. The average Bonchev–Trinajstić information content (AvgIpc) is 2.37. The Kier molecular flexibility index (Phi) is 4.95. The Bertz CT molecular complexity index is 230. The van der Waals surface area contributed by atoms with Crippen molar-refractivity contribution in [3.8, 4) is 0 Å². The van der Waals surface area contributed by atoms with Gasteiger partial charge in [-0.25, -0.2) is 8.15 Å². The number of hydrogen-bond donors (Lipinski definition) is 0. The zero-order valence-electron chi connectivity index (χ0n) is 9.56. The van der Waals surface area contributed by atoms with Crippen molar-refractivity contribution in [1.29, 1.82) is 0 Å². The van der Waals surface area contributed by atoms with Crippen molar-refractivity contribution in [2.75, 3.05) is 38.7 Å². The van der Waals surface area contributed by atoms with E-state index in [1.165, 1.54) is 43.9 Å². The molecule has 0 N–H and O–H groups in total. The average molecular weight is 282 g/mol. The molecule has 2 aliphatic heterocycles. The highest BCUT2D eigenvalue weighted by Gasteiger charge is 2.30. The second-order valence-electron chi connectivity index (χ2n) is 4.13. The van der Waals surface area contributed by atoms with Crippen LogP contribution < -0.4 is 0 Å². The molecule has 2 rings (SSSR count). The lowest BCUT2D eigenvalue weighted by Crippen LogP contribution is -2.26. The van der Waals surface area contributed by atoms with E-state index in [1.807, 2.05) is 0 Å². The molecule has 2 heterocycles. The standard InChI is InChI=1S/C9H20N2P2S2/c1-10-12-6-4-3-5-7-13(9-8-12)11(2)15(10)14/h3-9H2,1-2H3. The largest absolute Gasteiger partial charge is 0.216 e. The predicted octanol–water partition coefficient (Wildman–Crippen LogP) is 2.75. The summed E-state index contributed by atoms with van der Waals surface area (Å²) in [5, 5.41) is 0. The van der Waals surface area contributed by atoms with E-state index in [2.05, 4.69) is 22.2 Å². The molecular weight excluding hydrogens is 262 g/mol. The van der Waals surface area contributed by atoms with Crippen LogP contribution in [0.5, 0.6) is 0 Å². The number of hydrogen-bond acceptors (Lipinski definition) is 1. The highest BCUT2D eigenvalue weighted by atomic mass is 32.8.